The summed E-state index contributed by atoms with van der Waals surface area (Å²) < 4.78 is 26.2. The first-order valence-electron chi connectivity index (χ1n) is 6.77. The van der Waals surface area contributed by atoms with Gasteiger partial charge in [0, 0.05) is 6.42 Å². The predicted octanol–water partition coefficient (Wildman–Crippen LogP) is 2.48. The van der Waals surface area contributed by atoms with Crippen molar-refractivity contribution in [3.05, 3.63) is 34.9 Å². The Labute approximate surface area is 117 Å². The first-order valence-corrected chi connectivity index (χ1v) is 6.77. The number of halogens is 2. The molecule has 1 aliphatic rings. The van der Waals surface area contributed by atoms with E-state index in [1.165, 1.54) is 0 Å². The summed E-state index contributed by atoms with van der Waals surface area (Å²) in [6.07, 6.45) is -0.432. The number of hydrogen-bond donors (Lipinski definition) is 2. The second-order valence-electron chi connectivity index (χ2n) is 5.58. The van der Waals surface area contributed by atoms with Crippen LogP contribution in [0, 0.1) is 13.8 Å². The molecule has 110 valence electrons. The fourth-order valence-corrected chi connectivity index (χ4v) is 2.60. The summed E-state index contributed by atoms with van der Waals surface area (Å²) >= 11 is 0. The monoisotopic (exact) mass is 282 g/mol. The minimum absolute atomic E-state index is 0.195. The van der Waals surface area contributed by atoms with Gasteiger partial charge in [0.25, 0.3) is 5.92 Å². The number of amides is 1. The van der Waals surface area contributed by atoms with Crippen LogP contribution < -0.4 is 10.6 Å². The van der Waals surface area contributed by atoms with Crippen molar-refractivity contribution in [2.75, 3.05) is 6.54 Å². The second-order valence-corrected chi connectivity index (χ2v) is 5.58. The Morgan fingerprint density at radius 3 is 2.70 bits per heavy atom. The van der Waals surface area contributed by atoms with Gasteiger partial charge in [0.2, 0.25) is 5.91 Å². The van der Waals surface area contributed by atoms with Crippen molar-refractivity contribution in [1.29, 1.82) is 0 Å². The highest BCUT2D eigenvalue weighted by atomic mass is 19.3. The van der Waals surface area contributed by atoms with E-state index in [0.717, 1.165) is 16.7 Å². The van der Waals surface area contributed by atoms with Gasteiger partial charge in [0.05, 0.1) is 18.6 Å². The molecule has 0 spiro atoms. The Kier molecular flexibility index (Phi) is 4.09. The van der Waals surface area contributed by atoms with Gasteiger partial charge in [0.1, 0.15) is 0 Å². The zero-order valence-corrected chi connectivity index (χ0v) is 12.0. The highest BCUT2D eigenvalue weighted by Crippen LogP contribution is 2.26. The Morgan fingerprint density at radius 2 is 2.15 bits per heavy atom. The van der Waals surface area contributed by atoms with Crippen LogP contribution in [0.3, 0.4) is 0 Å². The number of nitrogens with one attached hydrogen (secondary N) is 2. The van der Waals surface area contributed by atoms with Gasteiger partial charge in [-0.2, -0.15) is 0 Å². The van der Waals surface area contributed by atoms with Gasteiger partial charge in [-0.25, -0.2) is 8.78 Å². The number of benzene rings is 1. The standard InChI is InChI=1S/C15H20F2N2O/c1-9-4-5-12(10(2)6-9)11(3)19-14(20)13-7-15(16,17)8-18-13/h4-6,11,13,18H,7-8H2,1-3H3,(H,19,20). The number of carbonyl (C=O) groups is 1. The summed E-state index contributed by atoms with van der Waals surface area (Å²) in [5.74, 6) is -3.15. The van der Waals surface area contributed by atoms with Crippen molar-refractivity contribution in [2.24, 2.45) is 0 Å². The molecule has 1 aliphatic heterocycles. The lowest BCUT2D eigenvalue weighted by Gasteiger charge is -2.19. The fraction of sp³-hybridized carbons (Fsp3) is 0.533. The summed E-state index contributed by atoms with van der Waals surface area (Å²) in [6.45, 7) is 5.42. The molecule has 1 heterocycles. The quantitative estimate of drug-likeness (QED) is 0.894. The van der Waals surface area contributed by atoms with E-state index < -0.39 is 24.9 Å². The Balaban J connectivity index is 2.01. The average molecular weight is 282 g/mol. The predicted molar refractivity (Wildman–Crippen MR) is 73.8 cm³/mol. The molecule has 1 fully saturated rings. The molecule has 2 rings (SSSR count). The number of hydrogen-bond acceptors (Lipinski definition) is 2. The van der Waals surface area contributed by atoms with E-state index in [-0.39, 0.29) is 11.9 Å². The summed E-state index contributed by atoms with van der Waals surface area (Å²) in [7, 11) is 0. The number of carbonyl (C=O) groups excluding carboxylic acids is 1. The highest BCUT2D eigenvalue weighted by Gasteiger charge is 2.42. The summed E-state index contributed by atoms with van der Waals surface area (Å²) in [5.41, 5.74) is 3.25. The second kappa shape index (κ2) is 5.48. The van der Waals surface area contributed by atoms with E-state index >= 15 is 0 Å². The van der Waals surface area contributed by atoms with Crippen molar-refractivity contribution in [3.63, 3.8) is 0 Å². The van der Waals surface area contributed by atoms with Crippen LogP contribution in [0.25, 0.3) is 0 Å². The van der Waals surface area contributed by atoms with E-state index in [2.05, 4.69) is 10.6 Å². The minimum atomic E-state index is -2.79. The van der Waals surface area contributed by atoms with Crippen LogP contribution in [0.15, 0.2) is 18.2 Å². The maximum absolute atomic E-state index is 13.1. The molecule has 5 heteroatoms. The van der Waals surface area contributed by atoms with Gasteiger partial charge in [-0.15, -0.1) is 0 Å². The molecule has 1 aromatic rings. The van der Waals surface area contributed by atoms with Gasteiger partial charge < -0.3 is 5.32 Å². The van der Waals surface area contributed by atoms with Crippen molar-refractivity contribution < 1.29 is 13.6 Å². The smallest absolute Gasteiger partial charge is 0.262 e. The molecule has 20 heavy (non-hydrogen) atoms. The van der Waals surface area contributed by atoms with Gasteiger partial charge in [-0.05, 0) is 31.9 Å². The largest absolute Gasteiger partial charge is 0.348 e. The van der Waals surface area contributed by atoms with Gasteiger partial charge in [-0.1, -0.05) is 23.8 Å². The van der Waals surface area contributed by atoms with Crippen molar-refractivity contribution in [3.8, 4) is 0 Å². The van der Waals surface area contributed by atoms with Crippen LogP contribution in [0.2, 0.25) is 0 Å². The van der Waals surface area contributed by atoms with Gasteiger partial charge >= 0.3 is 0 Å². The molecular weight excluding hydrogens is 262 g/mol. The summed E-state index contributed by atoms with van der Waals surface area (Å²) in [6, 6.07) is 4.98. The topological polar surface area (TPSA) is 41.1 Å². The molecule has 0 radical (unpaired) electrons. The summed E-state index contributed by atoms with van der Waals surface area (Å²) in [4.78, 5) is 12.0. The lowest BCUT2D eigenvalue weighted by atomic mass is 10.00. The zero-order valence-electron chi connectivity index (χ0n) is 12.0. The summed E-state index contributed by atoms with van der Waals surface area (Å²) in [5, 5.41) is 5.37. The maximum atomic E-state index is 13.1. The third kappa shape index (κ3) is 3.33. The van der Waals surface area contributed by atoms with Crippen LogP contribution in [0.5, 0.6) is 0 Å². The maximum Gasteiger partial charge on any atom is 0.262 e. The molecule has 1 saturated heterocycles. The van der Waals surface area contributed by atoms with Crippen molar-refractivity contribution in [1.82, 2.24) is 10.6 Å². The molecule has 2 N–H and O–H groups in total. The van der Waals surface area contributed by atoms with Gasteiger partial charge in [-0.3, -0.25) is 10.1 Å². The number of rotatable bonds is 3. The Hall–Kier alpha value is -1.49. The Morgan fingerprint density at radius 1 is 1.45 bits per heavy atom. The third-order valence-electron chi connectivity index (χ3n) is 3.68. The molecule has 1 aromatic carbocycles. The molecule has 2 atom stereocenters. The van der Waals surface area contributed by atoms with E-state index in [1.807, 2.05) is 39.0 Å². The zero-order chi connectivity index (χ0) is 14.9. The molecule has 0 aromatic heterocycles. The van der Waals surface area contributed by atoms with E-state index in [0.29, 0.717) is 0 Å². The average Bonchev–Trinajstić information content (AvgIpc) is 2.69. The SMILES string of the molecule is Cc1ccc(C(C)NC(=O)C2CC(F)(F)CN2)c(C)c1. The minimum Gasteiger partial charge on any atom is -0.348 e. The molecule has 2 unspecified atom stereocenters. The molecule has 0 saturated carbocycles. The van der Waals surface area contributed by atoms with E-state index in [1.54, 1.807) is 0 Å². The molecule has 1 amide bonds. The van der Waals surface area contributed by atoms with Crippen LogP contribution >= 0.6 is 0 Å². The Bertz CT molecular complexity index is 517. The third-order valence-corrected chi connectivity index (χ3v) is 3.68. The lowest BCUT2D eigenvalue weighted by Crippen LogP contribution is -2.41. The van der Waals surface area contributed by atoms with Crippen LogP contribution in [0.1, 0.15) is 36.1 Å². The number of aryl methyl sites for hydroxylation is 2. The highest BCUT2D eigenvalue weighted by molar-refractivity contribution is 5.82. The van der Waals surface area contributed by atoms with Crippen LogP contribution in [-0.4, -0.2) is 24.4 Å². The lowest BCUT2D eigenvalue weighted by molar-refractivity contribution is -0.124. The molecule has 0 bridgehead atoms. The normalized spacial score (nSPS) is 22.6. The van der Waals surface area contributed by atoms with E-state index in [4.69, 9.17) is 0 Å². The van der Waals surface area contributed by atoms with Gasteiger partial charge in [0.15, 0.2) is 0 Å². The number of alkyl halides is 2. The van der Waals surface area contributed by atoms with Crippen molar-refractivity contribution in [2.45, 2.75) is 45.2 Å². The molecular formula is C15H20F2N2O. The van der Waals surface area contributed by atoms with Crippen LogP contribution in [0.4, 0.5) is 8.78 Å². The first-order chi connectivity index (χ1) is 9.28. The molecule has 3 nitrogen and oxygen atoms in total. The van der Waals surface area contributed by atoms with Crippen molar-refractivity contribution >= 4 is 5.91 Å². The molecule has 0 aliphatic carbocycles. The first kappa shape index (κ1) is 14.9. The van der Waals surface area contributed by atoms with E-state index in [9.17, 15) is 13.6 Å². The van der Waals surface area contributed by atoms with Crippen LogP contribution in [-0.2, 0) is 4.79 Å². The fourth-order valence-electron chi connectivity index (χ4n) is 2.60.